The summed E-state index contributed by atoms with van der Waals surface area (Å²) in [6, 6.07) is 4.90. The topological polar surface area (TPSA) is 93.4 Å². The summed E-state index contributed by atoms with van der Waals surface area (Å²) in [4.78, 5) is 24.1. The summed E-state index contributed by atoms with van der Waals surface area (Å²) in [6.07, 6.45) is 0.412. The van der Waals surface area contributed by atoms with Crippen molar-refractivity contribution in [2.75, 3.05) is 18.4 Å². The predicted octanol–water partition coefficient (Wildman–Crippen LogP) is 1.64. The quantitative estimate of drug-likeness (QED) is 0.859. The third kappa shape index (κ3) is 2.85. The number of urea groups is 1. The van der Waals surface area contributed by atoms with Crippen molar-refractivity contribution in [3.63, 3.8) is 0 Å². The fourth-order valence-electron chi connectivity index (χ4n) is 2.04. The fourth-order valence-corrected chi connectivity index (χ4v) is 2.04. The molecule has 20 heavy (non-hydrogen) atoms. The van der Waals surface area contributed by atoms with E-state index in [1.807, 2.05) is 0 Å². The Hall–Kier alpha value is -2.62. The second-order valence-electron chi connectivity index (χ2n) is 4.51. The standard InChI is InChI=1S/C13H12FN3O3/c14-11-2-1-10(5-9(11)6-15)16-13(20)17-4-3-8(7-17)12(18)19/h1-2,5,8H,3-4,7H2,(H,16,20)(H,18,19). The maximum atomic E-state index is 13.1. The minimum absolute atomic E-state index is 0.146. The first-order valence-electron chi connectivity index (χ1n) is 5.99. The molecule has 0 saturated carbocycles. The number of hydrogen-bond acceptors (Lipinski definition) is 3. The largest absolute Gasteiger partial charge is 0.481 e. The van der Waals surface area contributed by atoms with Crippen LogP contribution in [0.25, 0.3) is 0 Å². The Labute approximate surface area is 114 Å². The number of carboxylic acids is 1. The number of carbonyl (C=O) groups excluding carboxylic acids is 1. The Bertz CT molecular complexity index is 597. The smallest absolute Gasteiger partial charge is 0.321 e. The number of rotatable bonds is 2. The molecule has 1 aliphatic rings. The van der Waals surface area contributed by atoms with Gasteiger partial charge >= 0.3 is 12.0 Å². The average Bonchev–Trinajstić information content (AvgIpc) is 2.91. The molecule has 0 bridgehead atoms. The van der Waals surface area contributed by atoms with Gasteiger partial charge in [-0.25, -0.2) is 9.18 Å². The van der Waals surface area contributed by atoms with Crippen molar-refractivity contribution in [3.8, 4) is 6.07 Å². The van der Waals surface area contributed by atoms with Gasteiger partial charge in [0.05, 0.1) is 11.5 Å². The van der Waals surface area contributed by atoms with Crippen molar-refractivity contribution in [1.29, 1.82) is 5.26 Å². The molecule has 1 saturated heterocycles. The van der Waals surface area contributed by atoms with Crippen molar-refractivity contribution in [3.05, 3.63) is 29.6 Å². The van der Waals surface area contributed by atoms with E-state index in [1.54, 1.807) is 6.07 Å². The fraction of sp³-hybridized carbons (Fsp3) is 0.308. The van der Waals surface area contributed by atoms with Gasteiger partial charge in [0.15, 0.2) is 0 Å². The van der Waals surface area contributed by atoms with Crippen LogP contribution in [0.3, 0.4) is 0 Å². The SMILES string of the molecule is N#Cc1cc(NC(=O)N2CCC(C(=O)O)C2)ccc1F. The molecule has 0 radical (unpaired) electrons. The van der Waals surface area contributed by atoms with Gasteiger partial charge in [0.2, 0.25) is 0 Å². The van der Waals surface area contributed by atoms with Crippen LogP contribution in [-0.4, -0.2) is 35.1 Å². The number of aliphatic carboxylic acids is 1. The molecule has 1 aliphatic heterocycles. The minimum Gasteiger partial charge on any atom is -0.481 e. The van der Waals surface area contributed by atoms with E-state index in [2.05, 4.69) is 5.32 Å². The number of carbonyl (C=O) groups is 2. The van der Waals surface area contributed by atoms with Gasteiger partial charge in [0, 0.05) is 18.8 Å². The van der Waals surface area contributed by atoms with Crippen LogP contribution in [0.15, 0.2) is 18.2 Å². The summed E-state index contributed by atoms with van der Waals surface area (Å²) in [6.45, 7) is 0.503. The average molecular weight is 277 g/mol. The maximum Gasteiger partial charge on any atom is 0.321 e. The molecule has 7 heteroatoms. The van der Waals surface area contributed by atoms with Crippen LogP contribution in [0.1, 0.15) is 12.0 Å². The number of nitrogens with zero attached hydrogens (tertiary/aromatic N) is 2. The second-order valence-corrected chi connectivity index (χ2v) is 4.51. The van der Waals surface area contributed by atoms with E-state index in [0.717, 1.165) is 6.07 Å². The Kier molecular flexibility index (Phi) is 3.84. The first-order chi connectivity index (χ1) is 9.51. The van der Waals surface area contributed by atoms with Crippen LogP contribution < -0.4 is 5.32 Å². The van der Waals surface area contributed by atoms with Gasteiger partial charge in [-0.1, -0.05) is 0 Å². The Morgan fingerprint density at radius 1 is 1.50 bits per heavy atom. The molecule has 1 atom stereocenters. The monoisotopic (exact) mass is 277 g/mol. The number of hydrogen-bond donors (Lipinski definition) is 2. The Morgan fingerprint density at radius 2 is 2.25 bits per heavy atom. The molecular weight excluding hydrogens is 265 g/mol. The highest BCUT2D eigenvalue weighted by molar-refractivity contribution is 5.90. The molecule has 1 fully saturated rings. The molecule has 0 aromatic heterocycles. The predicted molar refractivity (Wildman–Crippen MR) is 67.4 cm³/mol. The summed E-state index contributed by atoms with van der Waals surface area (Å²) in [7, 11) is 0. The summed E-state index contributed by atoms with van der Waals surface area (Å²) < 4.78 is 13.1. The molecule has 1 unspecified atom stereocenters. The van der Waals surface area contributed by atoms with Crippen molar-refractivity contribution in [2.24, 2.45) is 5.92 Å². The van der Waals surface area contributed by atoms with Crippen molar-refractivity contribution < 1.29 is 19.1 Å². The highest BCUT2D eigenvalue weighted by atomic mass is 19.1. The number of amides is 2. The summed E-state index contributed by atoms with van der Waals surface area (Å²) in [5, 5.41) is 20.1. The van der Waals surface area contributed by atoms with Crippen LogP contribution in [0.4, 0.5) is 14.9 Å². The van der Waals surface area contributed by atoms with Gasteiger partial charge in [-0.05, 0) is 24.6 Å². The third-order valence-corrected chi connectivity index (χ3v) is 3.16. The number of nitriles is 1. The van der Waals surface area contributed by atoms with E-state index in [4.69, 9.17) is 10.4 Å². The van der Waals surface area contributed by atoms with Crippen molar-refractivity contribution in [1.82, 2.24) is 4.90 Å². The molecule has 1 heterocycles. The molecule has 1 aromatic carbocycles. The molecule has 104 valence electrons. The van der Waals surface area contributed by atoms with E-state index in [1.165, 1.54) is 17.0 Å². The lowest BCUT2D eigenvalue weighted by molar-refractivity contribution is -0.141. The number of anilines is 1. The Balaban J connectivity index is 2.02. The molecule has 0 spiro atoms. The van der Waals surface area contributed by atoms with Crippen LogP contribution in [0, 0.1) is 23.1 Å². The maximum absolute atomic E-state index is 13.1. The summed E-state index contributed by atoms with van der Waals surface area (Å²) >= 11 is 0. The number of nitrogens with one attached hydrogen (secondary N) is 1. The number of carboxylic acid groups (broad SMARTS) is 1. The van der Waals surface area contributed by atoms with E-state index in [9.17, 15) is 14.0 Å². The van der Waals surface area contributed by atoms with Crippen LogP contribution in [0.5, 0.6) is 0 Å². The minimum atomic E-state index is -0.922. The van der Waals surface area contributed by atoms with Gasteiger partial charge in [0.25, 0.3) is 0 Å². The van der Waals surface area contributed by atoms with Crippen LogP contribution >= 0.6 is 0 Å². The summed E-state index contributed by atoms with van der Waals surface area (Å²) in [5.74, 6) is -2.13. The zero-order valence-corrected chi connectivity index (χ0v) is 10.5. The zero-order valence-electron chi connectivity index (χ0n) is 10.5. The van der Waals surface area contributed by atoms with Crippen LogP contribution in [-0.2, 0) is 4.79 Å². The van der Waals surface area contributed by atoms with Crippen molar-refractivity contribution >= 4 is 17.7 Å². The molecule has 2 N–H and O–H groups in total. The molecule has 1 aromatic rings. The zero-order chi connectivity index (χ0) is 14.7. The highest BCUT2D eigenvalue weighted by Gasteiger charge is 2.30. The first-order valence-corrected chi connectivity index (χ1v) is 5.99. The number of likely N-dealkylation sites (tertiary alicyclic amines) is 1. The molecule has 0 aliphatic carbocycles. The lowest BCUT2D eigenvalue weighted by Crippen LogP contribution is -2.33. The van der Waals surface area contributed by atoms with E-state index in [0.29, 0.717) is 18.7 Å². The van der Waals surface area contributed by atoms with E-state index < -0.39 is 23.7 Å². The second kappa shape index (κ2) is 5.57. The van der Waals surface area contributed by atoms with Crippen molar-refractivity contribution in [2.45, 2.75) is 6.42 Å². The Morgan fingerprint density at radius 3 is 2.85 bits per heavy atom. The van der Waals surface area contributed by atoms with Gasteiger partial charge in [-0.15, -0.1) is 0 Å². The van der Waals surface area contributed by atoms with Gasteiger partial charge < -0.3 is 15.3 Å². The lowest BCUT2D eigenvalue weighted by Gasteiger charge is -2.16. The third-order valence-electron chi connectivity index (χ3n) is 3.16. The molecular formula is C13H12FN3O3. The normalized spacial score (nSPS) is 17.6. The van der Waals surface area contributed by atoms with E-state index >= 15 is 0 Å². The van der Waals surface area contributed by atoms with Gasteiger partial charge in [-0.3, -0.25) is 4.79 Å². The first kappa shape index (κ1) is 13.8. The summed E-state index contributed by atoms with van der Waals surface area (Å²) in [5.41, 5.74) is 0.138. The molecule has 2 rings (SSSR count). The van der Waals surface area contributed by atoms with Gasteiger partial charge in [-0.2, -0.15) is 5.26 Å². The highest BCUT2D eigenvalue weighted by Crippen LogP contribution is 2.19. The van der Waals surface area contributed by atoms with Crippen LogP contribution in [0.2, 0.25) is 0 Å². The molecule has 6 nitrogen and oxygen atoms in total. The van der Waals surface area contributed by atoms with Gasteiger partial charge in [0.1, 0.15) is 11.9 Å². The molecule has 2 amide bonds. The number of benzene rings is 1. The van der Waals surface area contributed by atoms with E-state index in [-0.39, 0.29) is 12.1 Å². The lowest BCUT2D eigenvalue weighted by atomic mass is 10.1. The number of halogens is 1.